The minimum absolute atomic E-state index is 0.868. The van der Waals surface area contributed by atoms with Crippen LogP contribution < -0.4 is 4.90 Å². The molecule has 0 spiro atoms. The number of anilines is 3. The van der Waals surface area contributed by atoms with Gasteiger partial charge in [0.25, 0.3) is 0 Å². The number of pyridine rings is 1. The Morgan fingerprint density at radius 3 is 2.12 bits per heavy atom. The van der Waals surface area contributed by atoms with Crippen molar-refractivity contribution in [3.05, 3.63) is 146 Å². The largest absolute Gasteiger partial charge is 0.456 e. The summed E-state index contributed by atoms with van der Waals surface area (Å²) in [6.45, 7) is 0. The van der Waals surface area contributed by atoms with Gasteiger partial charge in [0, 0.05) is 21.2 Å². The summed E-state index contributed by atoms with van der Waals surface area (Å²) < 4.78 is 8.71. The number of rotatable bonds is 4. The van der Waals surface area contributed by atoms with Crippen molar-refractivity contribution in [1.82, 2.24) is 4.98 Å². The quantitative estimate of drug-likeness (QED) is 0.211. The summed E-state index contributed by atoms with van der Waals surface area (Å²) in [7, 11) is 0. The Morgan fingerprint density at radius 2 is 1.26 bits per heavy atom. The van der Waals surface area contributed by atoms with Gasteiger partial charge in [0.1, 0.15) is 11.2 Å². The van der Waals surface area contributed by atoms with Gasteiger partial charge in [-0.25, -0.2) is 0 Å². The minimum atomic E-state index is 0.868. The van der Waals surface area contributed by atoms with Crippen LogP contribution in [0, 0.1) is 0 Å². The molecule has 43 heavy (non-hydrogen) atoms. The molecule has 0 aliphatic carbocycles. The van der Waals surface area contributed by atoms with E-state index < -0.39 is 0 Å². The van der Waals surface area contributed by atoms with Gasteiger partial charge < -0.3 is 9.32 Å². The van der Waals surface area contributed by atoms with Crippen LogP contribution in [0.3, 0.4) is 0 Å². The second kappa shape index (κ2) is 9.55. The Labute approximate surface area is 251 Å². The van der Waals surface area contributed by atoms with Crippen molar-refractivity contribution in [2.75, 3.05) is 4.90 Å². The molecule has 0 bridgehead atoms. The van der Waals surface area contributed by atoms with E-state index in [2.05, 4.69) is 126 Å². The van der Waals surface area contributed by atoms with Crippen LogP contribution in [0.25, 0.3) is 64.1 Å². The van der Waals surface area contributed by atoms with E-state index in [0.29, 0.717) is 0 Å². The molecule has 0 aliphatic rings. The second-order valence-electron chi connectivity index (χ2n) is 10.8. The molecule has 9 rings (SSSR count). The summed E-state index contributed by atoms with van der Waals surface area (Å²) in [6.07, 6.45) is 2.01. The third kappa shape index (κ3) is 3.92. The van der Waals surface area contributed by atoms with Crippen LogP contribution in [0.1, 0.15) is 0 Å². The number of para-hydroxylation sites is 1. The number of thiophene rings is 1. The molecule has 3 nitrogen and oxygen atoms in total. The first-order valence-corrected chi connectivity index (χ1v) is 15.2. The van der Waals surface area contributed by atoms with Gasteiger partial charge in [-0.05, 0) is 70.4 Å². The molecule has 0 saturated carbocycles. The molecular formula is C39H24N2OS. The molecule has 0 unspecified atom stereocenters. The fraction of sp³-hybridized carbons (Fsp3) is 0. The first-order valence-electron chi connectivity index (χ1n) is 14.4. The molecule has 202 valence electrons. The highest BCUT2D eigenvalue weighted by atomic mass is 32.1. The Morgan fingerprint density at radius 1 is 0.535 bits per heavy atom. The van der Waals surface area contributed by atoms with Crippen LogP contribution >= 0.6 is 11.3 Å². The predicted octanol–water partition coefficient (Wildman–Crippen LogP) is 11.6. The van der Waals surface area contributed by atoms with E-state index in [4.69, 9.17) is 9.40 Å². The number of benzene rings is 6. The molecule has 0 atom stereocenters. The number of nitrogens with zero attached hydrogens (tertiary/aromatic N) is 2. The summed E-state index contributed by atoms with van der Waals surface area (Å²) in [5.74, 6) is 0. The summed E-state index contributed by atoms with van der Waals surface area (Å²) in [6, 6.07) is 49.2. The average molecular weight is 569 g/mol. The molecule has 4 heteroatoms. The SMILES string of the molecule is c1ccc(-c2ccc(N(c3cnc4c(c3)sc3cc5ccccc5cc34)c3cccc4oc5ccccc5c34)cc2)cc1. The normalized spacial score (nSPS) is 11.7. The molecule has 0 saturated heterocycles. The molecule has 0 amide bonds. The van der Waals surface area contributed by atoms with Crippen molar-refractivity contribution in [2.24, 2.45) is 0 Å². The van der Waals surface area contributed by atoms with Crippen LogP contribution in [0.4, 0.5) is 17.1 Å². The molecule has 0 radical (unpaired) electrons. The van der Waals surface area contributed by atoms with E-state index in [9.17, 15) is 0 Å². The van der Waals surface area contributed by atoms with E-state index in [0.717, 1.165) is 49.2 Å². The fourth-order valence-electron chi connectivity index (χ4n) is 6.25. The van der Waals surface area contributed by atoms with E-state index in [1.54, 1.807) is 11.3 Å². The Hall–Kier alpha value is -5.45. The van der Waals surface area contributed by atoms with Crippen LogP contribution in [0.15, 0.2) is 150 Å². The lowest BCUT2D eigenvalue weighted by Crippen LogP contribution is -2.10. The smallest absolute Gasteiger partial charge is 0.137 e. The number of hydrogen-bond donors (Lipinski definition) is 0. The van der Waals surface area contributed by atoms with Crippen molar-refractivity contribution in [3.8, 4) is 11.1 Å². The molecule has 0 fully saturated rings. The van der Waals surface area contributed by atoms with Gasteiger partial charge in [0.05, 0.1) is 33.2 Å². The van der Waals surface area contributed by atoms with Crippen LogP contribution in [-0.4, -0.2) is 4.98 Å². The Kier molecular flexibility index (Phi) is 5.37. The highest BCUT2D eigenvalue weighted by molar-refractivity contribution is 7.25. The van der Waals surface area contributed by atoms with Crippen molar-refractivity contribution in [2.45, 2.75) is 0 Å². The van der Waals surface area contributed by atoms with E-state index >= 15 is 0 Å². The van der Waals surface area contributed by atoms with Crippen molar-refractivity contribution < 1.29 is 4.42 Å². The van der Waals surface area contributed by atoms with Crippen molar-refractivity contribution in [3.63, 3.8) is 0 Å². The highest BCUT2D eigenvalue weighted by Gasteiger charge is 2.21. The summed E-state index contributed by atoms with van der Waals surface area (Å²) in [4.78, 5) is 7.40. The molecule has 0 N–H and O–H groups in total. The zero-order valence-corrected chi connectivity index (χ0v) is 23.9. The second-order valence-corrected chi connectivity index (χ2v) is 11.9. The average Bonchev–Trinajstić information content (AvgIpc) is 3.62. The zero-order valence-electron chi connectivity index (χ0n) is 23.1. The first-order chi connectivity index (χ1) is 21.3. The standard InChI is InChI=1S/C39H24N2OS/c1-2-9-25(10-3-1)26-17-19-29(20-18-26)41(33-14-8-16-35-38(33)31-13-6-7-15-34(31)42-35)30-23-37-39(40-24-30)32-21-27-11-4-5-12-28(27)22-36(32)43-37/h1-24H. The zero-order chi connectivity index (χ0) is 28.3. The lowest BCUT2D eigenvalue weighted by atomic mass is 10.0. The molecular weight excluding hydrogens is 545 g/mol. The topological polar surface area (TPSA) is 29.3 Å². The van der Waals surface area contributed by atoms with Crippen molar-refractivity contribution in [1.29, 1.82) is 0 Å². The minimum Gasteiger partial charge on any atom is -0.456 e. The van der Waals surface area contributed by atoms with E-state index in [1.165, 1.54) is 32.0 Å². The van der Waals surface area contributed by atoms with Crippen molar-refractivity contribution >= 4 is 81.4 Å². The molecule has 6 aromatic carbocycles. The van der Waals surface area contributed by atoms with Gasteiger partial charge in [-0.1, -0.05) is 91.0 Å². The number of aromatic nitrogens is 1. The monoisotopic (exact) mass is 568 g/mol. The number of furan rings is 1. The lowest BCUT2D eigenvalue weighted by molar-refractivity contribution is 0.669. The maximum atomic E-state index is 6.30. The molecule has 3 heterocycles. The van der Waals surface area contributed by atoms with E-state index in [1.807, 2.05) is 24.4 Å². The van der Waals surface area contributed by atoms with Crippen LogP contribution in [-0.2, 0) is 0 Å². The first kappa shape index (κ1) is 24.2. The highest BCUT2D eigenvalue weighted by Crippen LogP contribution is 2.45. The van der Waals surface area contributed by atoms with Gasteiger partial charge in [0.2, 0.25) is 0 Å². The lowest BCUT2D eigenvalue weighted by Gasteiger charge is -2.26. The Balaban J connectivity index is 1.27. The summed E-state index contributed by atoms with van der Waals surface area (Å²) in [5.41, 5.74) is 8.30. The molecule has 0 aliphatic heterocycles. The van der Waals surface area contributed by atoms with Gasteiger partial charge in [0.15, 0.2) is 0 Å². The maximum Gasteiger partial charge on any atom is 0.137 e. The predicted molar refractivity (Wildman–Crippen MR) is 182 cm³/mol. The van der Waals surface area contributed by atoms with Crippen LogP contribution in [0.2, 0.25) is 0 Å². The summed E-state index contributed by atoms with van der Waals surface area (Å²) in [5, 5.41) is 5.88. The fourth-order valence-corrected chi connectivity index (χ4v) is 7.37. The third-order valence-electron chi connectivity index (χ3n) is 8.27. The Bertz CT molecular complexity index is 2460. The molecule has 3 aromatic heterocycles. The number of hydrogen-bond acceptors (Lipinski definition) is 4. The maximum absolute atomic E-state index is 6.30. The molecule has 9 aromatic rings. The van der Waals surface area contributed by atoms with Gasteiger partial charge >= 0.3 is 0 Å². The van der Waals surface area contributed by atoms with Gasteiger partial charge in [-0.3, -0.25) is 4.98 Å². The van der Waals surface area contributed by atoms with Crippen LogP contribution in [0.5, 0.6) is 0 Å². The van der Waals surface area contributed by atoms with Gasteiger partial charge in [-0.2, -0.15) is 0 Å². The summed E-state index contributed by atoms with van der Waals surface area (Å²) >= 11 is 1.80. The third-order valence-corrected chi connectivity index (χ3v) is 9.36. The number of fused-ring (bicyclic) bond motifs is 7. The van der Waals surface area contributed by atoms with E-state index in [-0.39, 0.29) is 0 Å². The van der Waals surface area contributed by atoms with Gasteiger partial charge in [-0.15, -0.1) is 11.3 Å².